The Kier molecular flexibility index (Phi) is 4.28. The Hall–Kier alpha value is -1.31. The van der Waals surface area contributed by atoms with E-state index in [1.165, 1.54) is 11.1 Å². The van der Waals surface area contributed by atoms with Crippen LogP contribution < -0.4 is 0 Å². The highest BCUT2D eigenvalue weighted by molar-refractivity contribution is 6.30. The molecule has 19 heavy (non-hydrogen) atoms. The molecule has 100 valence electrons. The molecular formula is C17H19ClO. The van der Waals surface area contributed by atoms with Crippen LogP contribution in [0.1, 0.15) is 23.6 Å². The number of hydrogen-bond acceptors (Lipinski definition) is 1. The van der Waals surface area contributed by atoms with E-state index in [0.29, 0.717) is 12.8 Å². The summed E-state index contributed by atoms with van der Waals surface area (Å²) in [6, 6.07) is 15.9. The quantitative estimate of drug-likeness (QED) is 0.887. The average Bonchev–Trinajstić information content (AvgIpc) is 2.31. The fourth-order valence-electron chi connectivity index (χ4n) is 2.37. The van der Waals surface area contributed by atoms with E-state index in [4.69, 9.17) is 11.6 Å². The fourth-order valence-corrected chi connectivity index (χ4v) is 2.49. The molecule has 0 aliphatic carbocycles. The minimum absolute atomic E-state index is 0.623. The van der Waals surface area contributed by atoms with Crippen LogP contribution in [0.2, 0.25) is 5.02 Å². The van der Waals surface area contributed by atoms with Gasteiger partial charge in [-0.2, -0.15) is 0 Å². The molecule has 1 atom stereocenters. The van der Waals surface area contributed by atoms with Gasteiger partial charge in [-0.15, -0.1) is 0 Å². The van der Waals surface area contributed by atoms with Crippen LogP contribution in [0.15, 0.2) is 48.5 Å². The van der Waals surface area contributed by atoms with Crippen molar-refractivity contribution in [2.45, 2.75) is 32.3 Å². The molecule has 0 aliphatic heterocycles. The highest BCUT2D eigenvalue weighted by Gasteiger charge is 2.21. The summed E-state index contributed by atoms with van der Waals surface area (Å²) >= 11 is 5.87. The molecule has 0 aromatic heterocycles. The molecule has 0 saturated heterocycles. The van der Waals surface area contributed by atoms with Gasteiger partial charge in [-0.1, -0.05) is 53.6 Å². The first-order valence-corrected chi connectivity index (χ1v) is 6.85. The molecule has 0 fully saturated rings. The summed E-state index contributed by atoms with van der Waals surface area (Å²) in [5.41, 5.74) is 2.74. The number of rotatable bonds is 4. The largest absolute Gasteiger partial charge is 0.389 e. The first-order valence-electron chi connectivity index (χ1n) is 6.47. The molecule has 0 amide bonds. The number of hydrogen-bond donors (Lipinski definition) is 1. The normalized spacial score (nSPS) is 14.1. The maximum absolute atomic E-state index is 10.5. The van der Waals surface area contributed by atoms with Gasteiger partial charge in [0.05, 0.1) is 5.60 Å². The van der Waals surface area contributed by atoms with Gasteiger partial charge in [-0.25, -0.2) is 0 Å². The van der Waals surface area contributed by atoms with E-state index >= 15 is 0 Å². The molecule has 0 heterocycles. The van der Waals surface area contributed by atoms with Crippen LogP contribution in [0.5, 0.6) is 0 Å². The van der Waals surface area contributed by atoms with Crippen LogP contribution in [0.4, 0.5) is 0 Å². The summed E-state index contributed by atoms with van der Waals surface area (Å²) in [4.78, 5) is 0. The van der Waals surface area contributed by atoms with Crippen molar-refractivity contribution in [2.24, 2.45) is 0 Å². The van der Waals surface area contributed by atoms with Crippen molar-refractivity contribution in [1.29, 1.82) is 0 Å². The van der Waals surface area contributed by atoms with Crippen LogP contribution >= 0.6 is 11.6 Å². The monoisotopic (exact) mass is 274 g/mol. The number of aliphatic hydroxyl groups is 1. The zero-order chi connectivity index (χ0) is 13.9. The Morgan fingerprint density at radius 3 is 2.26 bits per heavy atom. The van der Waals surface area contributed by atoms with Crippen LogP contribution in [0, 0.1) is 6.92 Å². The first kappa shape index (κ1) is 14.1. The average molecular weight is 275 g/mol. The maximum atomic E-state index is 10.5. The second kappa shape index (κ2) is 5.77. The van der Waals surface area contributed by atoms with E-state index in [0.717, 1.165) is 10.6 Å². The summed E-state index contributed by atoms with van der Waals surface area (Å²) < 4.78 is 0. The first-order chi connectivity index (χ1) is 8.94. The van der Waals surface area contributed by atoms with Crippen LogP contribution in [-0.2, 0) is 12.8 Å². The third-order valence-corrected chi connectivity index (χ3v) is 3.42. The lowest BCUT2D eigenvalue weighted by molar-refractivity contribution is 0.0608. The van der Waals surface area contributed by atoms with Crippen LogP contribution in [0.3, 0.4) is 0 Å². The zero-order valence-electron chi connectivity index (χ0n) is 11.4. The van der Waals surface area contributed by atoms with E-state index in [1.54, 1.807) is 0 Å². The predicted octanol–water partition coefficient (Wildman–Crippen LogP) is 4.18. The van der Waals surface area contributed by atoms with Gasteiger partial charge >= 0.3 is 0 Å². The minimum atomic E-state index is -0.748. The highest BCUT2D eigenvalue weighted by atomic mass is 35.5. The maximum Gasteiger partial charge on any atom is 0.0700 e. The third-order valence-electron chi connectivity index (χ3n) is 3.17. The van der Waals surface area contributed by atoms with Gasteiger partial charge in [0.15, 0.2) is 0 Å². The van der Waals surface area contributed by atoms with Crippen molar-refractivity contribution in [1.82, 2.24) is 0 Å². The molecule has 1 unspecified atom stereocenters. The Morgan fingerprint density at radius 2 is 1.63 bits per heavy atom. The predicted molar refractivity (Wildman–Crippen MR) is 80.7 cm³/mol. The van der Waals surface area contributed by atoms with Crippen molar-refractivity contribution in [2.75, 3.05) is 0 Å². The van der Waals surface area contributed by atoms with Crippen molar-refractivity contribution in [3.8, 4) is 0 Å². The van der Waals surface area contributed by atoms with Gasteiger partial charge in [-0.3, -0.25) is 0 Å². The minimum Gasteiger partial charge on any atom is -0.389 e. The summed E-state index contributed by atoms with van der Waals surface area (Å²) in [7, 11) is 0. The molecule has 1 N–H and O–H groups in total. The van der Waals surface area contributed by atoms with E-state index < -0.39 is 5.60 Å². The molecule has 1 nitrogen and oxygen atoms in total. The summed E-state index contributed by atoms with van der Waals surface area (Å²) in [5, 5.41) is 11.3. The number of benzene rings is 2. The summed E-state index contributed by atoms with van der Waals surface area (Å²) in [6.45, 7) is 3.95. The molecule has 2 aromatic carbocycles. The molecule has 0 spiro atoms. The van der Waals surface area contributed by atoms with E-state index in [1.807, 2.05) is 37.3 Å². The second-order valence-corrected chi connectivity index (χ2v) is 5.90. The van der Waals surface area contributed by atoms with Crippen molar-refractivity contribution in [3.05, 3.63) is 70.2 Å². The van der Waals surface area contributed by atoms with Crippen molar-refractivity contribution >= 4 is 11.6 Å². The summed E-state index contributed by atoms with van der Waals surface area (Å²) in [5.74, 6) is 0. The van der Waals surface area contributed by atoms with Gasteiger partial charge < -0.3 is 5.11 Å². The van der Waals surface area contributed by atoms with Gasteiger partial charge in [0, 0.05) is 17.9 Å². The topological polar surface area (TPSA) is 20.2 Å². The van der Waals surface area contributed by atoms with Gasteiger partial charge in [-0.05, 0) is 37.1 Å². The molecule has 2 aromatic rings. The molecule has 0 radical (unpaired) electrons. The van der Waals surface area contributed by atoms with Crippen LogP contribution in [-0.4, -0.2) is 10.7 Å². The lowest BCUT2D eigenvalue weighted by Crippen LogP contribution is -2.30. The van der Waals surface area contributed by atoms with Gasteiger partial charge in [0.2, 0.25) is 0 Å². The summed E-state index contributed by atoms with van der Waals surface area (Å²) in [6.07, 6.45) is 1.27. The molecule has 0 saturated carbocycles. The van der Waals surface area contributed by atoms with Gasteiger partial charge in [0.1, 0.15) is 0 Å². The lowest BCUT2D eigenvalue weighted by Gasteiger charge is -2.23. The Bertz CT molecular complexity index is 543. The highest BCUT2D eigenvalue weighted by Crippen LogP contribution is 2.20. The Morgan fingerprint density at radius 1 is 1.00 bits per heavy atom. The number of halogens is 1. The standard InChI is InChI=1S/C17H19ClO/c1-13-4-3-5-15(10-13)12-17(2,19)11-14-6-8-16(18)9-7-14/h3-10,19H,11-12H2,1-2H3. The zero-order valence-corrected chi connectivity index (χ0v) is 12.1. The van der Waals surface area contributed by atoms with E-state index in [2.05, 4.69) is 25.1 Å². The van der Waals surface area contributed by atoms with E-state index in [9.17, 15) is 5.11 Å². The Balaban J connectivity index is 2.07. The fraction of sp³-hybridized carbons (Fsp3) is 0.294. The van der Waals surface area contributed by atoms with Gasteiger partial charge in [0.25, 0.3) is 0 Å². The van der Waals surface area contributed by atoms with Crippen molar-refractivity contribution < 1.29 is 5.11 Å². The van der Waals surface area contributed by atoms with E-state index in [-0.39, 0.29) is 0 Å². The third kappa shape index (κ3) is 4.38. The second-order valence-electron chi connectivity index (χ2n) is 5.47. The lowest BCUT2D eigenvalue weighted by atomic mass is 9.89. The molecule has 0 aliphatic rings. The van der Waals surface area contributed by atoms with Crippen molar-refractivity contribution in [3.63, 3.8) is 0 Å². The number of aryl methyl sites for hydroxylation is 1. The molecule has 2 heteroatoms. The molecule has 0 bridgehead atoms. The molecular weight excluding hydrogens is 256 g/mol. The Labute approximate surface area is 119 Å². The molecule has 2 rings (SSSR count). The SMILES string of the molecule is Cc1cccc(CC(C)(O)Cc2ccc(Cl)cc2)c1. The van der Waals surface area contributed by atoms with Crippen LogP contribution in [0.25, 0.3) is 0 Å². The smallest absolute Gasteiger partial charge is 0.0700 e.